The van der Waals surface area contributed by atoms with Crippen molar-refractivity contribution in [2.75, 3.05) is 5.73 Å². The minimum Gasteiger partial charge on any atom is -0.506 e. The van der Waals surface area contributed by atoms with E-state index in [2.05, 4.69) is 0 Å². The number of carbonyl (C=O) groups is 1. The van der Waals surface area contributed by atoms with Crippen LogP contribution in [0, 0.1) is 5.92 Å². The lowest BCUT2D eigenvalue weighted by atomic mass is 10.0. The fraction of sp³-hybridized carbons (Fsp3) is 0.300. The topological polar surface area (TPSA) is 63.3 Å². The summed E-state index contributed by atoms with van der Waals surface area (Å²) < 4.78 is 0. The van der Waals surface area contributed by atoms with Crippen LogP contribution >= 0.6 is 0 Å². The van der Waals surface area contributed by atoms with Crippen molar-refractivity contribution < 1.29 is 9.90 Å². The van der Waals surface area contributed by atoms with Crippen molar-refractivity contribution in [2.24, 2.45) is 5.92 Å². The van der Waals surface area contributed by atoms with Crippen molar-refractivity contribution in [1.82, 2.24) is 0 Å². The molecule has 0 fully saturated rings. The Balaban J connectivity index is 3.04. The quantitative estimate of drug-likeness (QED) is 0.413. The lowest BCUT2D eigenvalue weighted by Crippen LogP contribution is -2.07. The van der Waals surface area contributed by atoms with E-state index in [1.54, 1.807) is 6.07 Å². The fourth-order valence-electron chi connectivity index (χ4n) is 1.04. The molecule has 0 unspecified atom stereocenters. The van der Waals surface area contributed by atoms with Crippen LogP contribution in [0.5, 0.6) is 5.75 Å². The number of nitrogens with two attached hydrogens (primary N) is 1. The summed E-state index contributed by atoms with van der Waals surface area (Å²) in [4.78, 5) is 11.5. The van der Waals surface area contributed by atoms with Gasteiger partial charge in [0.25, 0.3) is 0 Å². The Morgan fingerprint density at radius 3 is 2.54 bits per heavy atom. The van der Waals surface area contributed by atoms with Gasteiger partial charge in [-0.05, 0) is 18.2 Å². The van der Waals surface area contributed by atoms with E-state index in [9.17, 15) is 4.79 Å². The van der Waals surface area contributed by atoms with E-state index in [-0.39, 0.29) is 23.1 Å². The third kappa shape index (κ3) is 1.99. The van der Waals surface area contributed by atoms with Crippen LogP contribution in [-0.2, 0) is 0 Å². The van der Waals surface area contributed by atoms with Crippen molar-refractivity contribution in [2.45, 2.75) is 13.8 Å². The summed E-state index contributed by atoms with van der Waals surface area (Å²) in [6.07, 6.45) is 0. The standard InChI is InChI=1S/C10H13NO2/c1-6(2)10(13)7-3-4-9(12)8(11)5-7/h3-6,12H,11H2,1-2H3. The van der Waals surface area contributed by atoms with E-state index in [4.69, 9.17) is 10.8 Å². The molecule has 1 aromatic carbocycles. The Kier molecular flexibility index (Phi) is 2.56. The highest BCUT2D eigenvalue weighted by Crippen LogP contribution is 2.21. The van der Waals surface area contributed by atoms with E-state index in [0.29, 0.717) is 5.56 Å². The van der Waals surface area contributed by atoms with Crippen molar-refractivity contribution >= 4 is 11.5 Å². The number of Topliss-reactive ketones (excluding diaryl/α,β-unsaturated/α-hetero) is 1. The Labute approximate surface area is 77.2 Å². The Bertz CT molecular complexity index is 332. The maximum Gasteiger partial charge on any atom is 0.165 e. The number of hydrogen-bond donors (Lipinski definition) is 2. The molecule has 0 aliphatic heterocycles. The fourth-order valence-corrected chi connectivity index (χ4v) is 1.04. The van der Waals surface area contributed by atoms with Gasteiger partial charge in [-0.25, -0.2) is 0 Å². The van der Waals surface area contributed by atoms with E-state index >= 15 is 0 Å². The second kappa shape index (κ2) is 3.47. The molecule has 0 spiro atoms. The highest BCUT2D eigenvalue weighted by molar-refractivity contribution is 5.98. The van der Waals surface area contributed by atoms with Gasteiger partial charge in [-0.1, -0.05) is 13.8 Å². The van der Waals surface area contributed by atoms with Crippen LogP contribution in [0.3, 0.4) is 0 Å². The second-order valence-corrected chi connectivity index (χ2v) is 3.29. The number of rotatable bonds is 2. The van der Waals surface area contributed by atoms with Gasteiger partial charge in [0.2, 0.25) is 0 Å². The molecule has 0 atom stereocenters. The lowest BCUT2D eigenvalue weighted by molar-refractivity contribution is 0.0939. The highest BCUT2D eigenvalue weighted by Gasteiger charge is 2.11. The second-order valence-electron chi connectivity index (χ2n) is 3.29. The Morgan fingerprint density at radius 2 is 2.08 bits per heavy atom. The zero-order valence-corrected chi connectivity index (χ0v) is 7.74. The van der Waals surface area contributed by atoms with Crippen LogP contribution in [0.1, 0.15) is 24.2 Å². The molecule has 0 amide bonds. The predicted octanol–water partition coefficient (Wildman–Crippen LogP) is 1.81. The number of aromatic hydroxyl groups is 1. The average molecular weight is 179 g/mol. The third-order valence-corrected chi connectivity index (χ3v) is 1.84. The van der Waals surface area contributed by atoms with Crippen LogP contribution in [0.2, 0.25) is 0 Å². The number of phenolic OH excluding ortho intramolecular Hbond substituents is 1. The molecule has 1 rings (SSSR count). The number of ketones is 1. The van der Waals surface area contributed by atoms with Gasteiger partial charge in [-0.2, -0.15) is 0 Å². The largest absolute Gasteiger partial charge is 0.506 e. The summed E-state index contributed by atoms with van der Waals surface area (Å²) in [7, 11) is 0. The van der Waals surface area contributed by atoms with E-state index in [1.165, 1.54) is 12.1 Å². The van der Waals surface area contributed by atoms with Crippen LogP contribution in [-0.4, -0.2) is 10.9 Å². The minimum absolute atomic E-state index is 0.0142. The summed E-state index contributed by atoms with van der Waals surface area (Å²) in [5, 5.41) is 9.13. The molecule has 0 radical (unpaired) electrons. The van der Waals surface area contributed by atoms with Crippen LogP contribution in [0.25, 0.3) is 0 Å². The van der Waals surface area contributed by atoms with Crippen LogP contribution < -0.4 is 5.73 Å². The molecule has 0 aliphatic rings. The number of phenols is 1. The molecule has 0 bridgehead atoms. The molecule has 3 N–H and O–H groups in total. The summed E-state index contributed by atoms with van der Waals surface area (Å²) in [6.45, 7) is 3.65. The van der Waals surface area contributed by atoms with Crippen molar-refractivity contribution in [3.8, 4) is 5.75 Å². The van der Waals surface area contributed by atoms with Gasteiger partial charge < -0.3 is 10.8 Å². The average Bonchev–Trinajstić information content (AvgIpc) is 2.08. The molecule has 13 heavy (non-hydrogen) atoms. The number of benzene rings is 1. The Morgan fingerprint density at radius 1 is 1.46 bits per heavy atom. The van der Waals surface area contributed by atoms with Gasteiger partial charge in [0.15, 0.2) is 5.78 Å². The van der Waals surface area contributed by atoms with Gasteiger partial charge in [0.05, 0.1) is 5.69 Å². The first-order valence-corrected chi connectivity index (χ1v) is 4.15. The maximum absolute atomic E-state index is 11.5. The first-order chi connectivity index (χ1) is 6.02. The maximum atomic E-state index is 11.5. The Hall–Kier alpha value is -1.51. The van der Waals surface area contributed by atoms with E-state index < -0.39 is 0 Å². The molecule has 3 nitrogen and oxygen atoms in total. The lowest BCUT2D eigenvalue weighted by Gasteiger charge is -2.05. The normalized spacial score (nSPS) is 10.4. The highest BCUT2D eigenvalue weighted by atomic mass is 16.3. The SMILES string of the molecule is CC(C)C(=O)c1ccc(O)c(N)c1. The van der Waals surface area contributed by atoms with E-state index in [1.807, 2.05) is 13.8 Å². The van der Waals surface area contributed by atoms with Crippen molar-refractivity contribution in [1.29, 1.82) is 0 Å². The molecule has 70 valence electrons. The number of anilines is 1. The molecule has 3 heteroatoms. The van der Waals surface area contributed by atoms with Crippen molar-refractivity contribution in [3.63, 3.8) is 0 Å². The van der Waals surface area contributed by atoms with Gasteiger partial charge in [-0.3, -0.25) is 4.79 Å². The summed E-state index contributed by atoms with van der Waals surface area (Å²) in [6, 6.07) is 4.51. The van der Waals surface area contributed by atoms with Gasteiger partial charge >= 0.3 is 0 Å². The molecule has 0 aromatic heterocycles. The van der Waals surface area contributed by atoms with Crippen LogP contribution in [0.15, 0.2) is 18.2 Å². The van der Waals surface area contributed by atoms with Gasteiger partial charge in [0, 0.05) is 11.5 Å². The van der Waals surface area contributed by atoms with Gasteiger partial charge in [0.1, 0.15) is 5.75 Å². The smallest absolute Gasteiger partial charge is 0.165 e. The van der Waals surface area contributed by atoms with Gasteiger partial charge in [-0.15, -0.1) is 0 Å². The monoisotopic (exact) mass is 179 g/mol. The number of nitrogen functional groups attached to an aromatic ring is 1. The first-order valence-electron chi connectivity index (χ1n) is 4.15. The predicted molar refractivity (Wildman–Crippen MR) is 51.7 cm³/mol. The number of carbonyl (C=O) groups excluding carboxylic acids is 1. The van der Waals surface area contributed by atoms with Crippen molar-refractivity contribution in [3.05, 3.63) is 23.8 Å². The zero-order chi connectivity index (χ0) is 10.0. The molecule has 0 saturated heterocycles. The molecular formula is C10H13NO2. The van der Waals surface area contributed by atoms with Crippen LogP contribution in [0.4, 0.5) is 5.69 Å². The van der Waals surface area contributed by atoms with E-state index in [0.717, 1.165) is 0 Å². The molecule has 0 aliphatic carbocycles. The molecular weight excluding hydrogens is 166 g/mol. The summed E-state index contributed by atoms with van der Waals surface area (Å²) in [5.41, 5.74) is 6.25. The zero-order valence-electron chi connectivity index (χ0n) is 7.74. The summed E-state index contributed by atoms with van der Waals surface area (Å²) in [5.74, 6) is -0.00375. The number of hydrogen-bond acceptors (Lipinski definition) is 3. The third-order valence-electron chi connectivity index (χ3n) is 1.84. The molecule has 0 heterocycles. The molecule has 0 saturated carbocycles. The minimum atomic E-state index is -0.0519. The molecule has 1 aromatic rings. The first kappa shape index (κ1) is 9.58. The summed E-state index contributed by atoms with van der Waals surface area (Å²) >= 11 is 0.